The summed E-state index contributed by atoms with van der Waals surface area (Å²) in [5.74, 6) is 1.04. The van der Waals surface area contributed by atoms with Crippen molar-refractivity contribution in [1.82, 2.24) is 19.4 Å². The van der Waals surface area contributed by atoms with E-state index in [1.54, 1.807) is 12.1 Å². The summed E-state index contributed by atoms with van der Waals surface area (Å²) in [5.41, 5.74) is 8.53. The Balaban J connectivity index is 1.02. The van der Waals surface area contributed by atoms with E-state index in [1.165, 1.54) is 12.4 Å². The highest BCUT2D eigenvalue weighted by molar-refractivity contribution is 7.92. The van der Waals surface area contributed by atoms with Gasteiger partial charge in [0.15, 0.2) is 21.4 Å². The fourth-order valence-electron chi connectivity index (χ4n) is 7.89. The van der Waals surface area contributed by atoms with Crippen LogP contribution in [0.5, 0.6) is 5.75 Å². The summed E-state index contributed by atoms with van der Waals surface area (Å²) in [5, 5.41) is 0.593. The van der Waals surface area contributed by atoms with Crippen LogP contribution in [0.15, 0.2) is 30.7 Å². The molecule has 1 saturated carbocycles. The average Bonchev–Trinajstić information content (AvgIpc) is 3.72. The number of sulfone groups is 1. The van der Waals surface area contributed by atoms with E-state index >= 15 is 0 Å². The maximum absolute atomic E-state index is 14.8. The maximum atomic E-state index is 14.8. The molecule has 4 saturated heterocycles. The van der Waals surface area contributed by atoms with Crippen LogP contribution in [0.25, 0.3) is 22.2 Å². The van der Waals surface area contributed by atoms with Crippen LogP contribution in [-0.2, 0) is 14.6 Å². The van der Waals surface area contributed by atoms with Crippen molar-refractivity contribution in [1.29, 1.82) is 0 Å². The van der Waals surface area contributed by atoms with Crippen LogP contribution in [0.2, 0.25) is 0 Å². The van der Waals surface area contributed by atoms with Gasteiger partial charge in [-0.3, -0.25) is 4.90 Å². The second-order valence-electron chi connectivity index (χ2n) is 12.6. The molecule has 212 valence electrons. The molecule has 3 aromatic rings. The molecule has 9 nitrogen and oxygen atoms in total. The number of likely N-dealkylation sites (tertiary alicyclic amines) is 1. The number of fused-ring (bicyclic) bond motifs is 5. The lowest BCUT2D eigenvalue weighted by molar-refractivity contribution is -0.0206. The lowest BCUT2D eigenvalue weighted by Gasteiger charge is -2.40. The van der Waals surface area contributed by atoms with Gasteiger partial charge in [0.2, 0.25) is 0 Å². The fraction of sp³-hybridized carbons (Fsp3) is 0.586. The standard InChI is InChI=1S/C29H34FN5O4S/c30-24-2-1-18(9-25(24)38-15-29-5-3-21(39-29)4-6-29)23-13-35(28-26(23)27(31)32-16-33-28)19-7-17(8-19)11-34-12-22-10-20(34)14-40(22,36)37/h1-2,9,13,16-17,19-22H,3-8,10-12,14-15H2,(H2,31,32,33)/t17?,19?,20-,21?,22-,29?/m0/s1. The summed E-state index contributed by atoms with van der Waals surface area (Å²) >= 11 is 0. The summed E-state index contributed by atoms with van der Waals surface area (Å²) < 4.78 is 53.4. The van der Waals surface area contributed by atoms with Crippen molar-refractivity contribution < 1.29 is 22.3 Å². The van der Waals surface area contributed by atoms with Gasteiger partial charge in [-0.25, -0.2) is 22.8 Å². The highest BCUT2D eigenvalue weighted by Gasteiger charge is 2.49. The first kappa shape index (κ1) is 25.0. The summed E-state index contributed by atoms with van der Waals surface area (Å²) in [6, 6.07) is 5.40. The second-order valence-corrected chi connectivity index (χ2v) is 15.0. The van der Waals surface area contributed by atoms with Crippen molar-refractivity contribution >= 4 is 26.7 Å². The minimum Gasteiger partial charge on any atom is -0.487 e. The Labute approximate surface area is 232 Å². The Morgan fingerprint density at radius 1 is 1.15 bits per heavy atom. The molecule has 2 N–H and O–H groups in total. The Morgan fingerprint density at radius 3 is 2.67 bits per heavy atom. The number of rotatable bonds is 7. The Bertz CT molecular complexity index is 1600. The molecule has 1 aliphatic carbocycles. The molecular formula is C29H34FN5O4S. The zero-order valence-corrected chi connectivity index (χ0v) is 23.2. The van der Waals surface area contributed by atoms with Gasteiger partial charge in [-0.2, -0.15) is 0 Å². The number of aromatic nitrogens is 3. The minimum atomic E-state index is -2.88. The molecular weight excluding hydrogens is 533 g/mol. The molecule has 0 radical (unpaired) electrons. The van der Waals surface area contributed by atoms with Gasteiger partial charge in [-0.1, -0.05) is 6.07 Å². The lowest BCUT2D eigenvalue weighted by atomic mass is 9.79. The van der Waals surface area contributed by atoms with Crippen molar-refractivity contribution in [2.24, 2.45) is 5.92 Å². The van der Waals surface area contributed by atoms with Crippen molar-refractivity contribution in [3.8, 4) is 16.9 Å². The van der Waals surface area contributed by atoms with Crippen LogP contribution in [0.1, 0.15) is 51.0 Å². The van der Waals surface area contributed by atoms with E-state index in [-0.39, 0.29) is 28.7 Å². The van der Waals surface area contributed by atoms with Gasteiger partial charge >= 0.3 is 0 Å². The molecule has 2 aromatic heterocycles. The number of nitrogens with zero attached hydrogens (tertiary/aromatic N) is 4. The molecule has 11 heteroatoms. The normalized spacial score (nSPS) is 34.1. The van der Waals surface area contributed by atoms with E-state index < -0.39 is 15.7 Å². The van der Waals surface area contributed by atoms with Crippen LogP contribution in [0.4, 0.5) is 10.2 Å². The predicted octanol–water partition coefficient (Wildman–Crippen LogP) is 3.73. The predicted molar refractivity (Wildman–Crippen MR) is 148 cm³/mol. The largest absolute Gasteiger partial charge is 0.487 e. The average molecular weight is 568 g/mol. The molecule has 0 spiro atoms. The first-order chi connectivity index (χ1) is 19.3. The van der Waals surface area contributed by atoms with E-state index in [1.807, 2.05) is 0 Å². The number of halogens is 1. The van der Waals surface area contributed by atoms with Crippen LogP contribution in [-0.4, -0.2) is 76.3 Å². The quantitative estimate of drug-likeness (QED) is 0.460. The topological polar surface area (TPSA) is 113 Å². The van der Waals surface area contributed by atoms with E-state index in [2.05, 4.69) is 25.6 Å². The van der Waals surface area contributed by atoms with Crippen LogP contribution >= 0.6 is 0 Å². The molecule has 5 fully saturated rings. The summed E-state index contributed by atoms with van der Waals surface area (Å²) in [6.45, 7) is 1.98. The SMILES string of the molecule is Nc1ncnc2c1c(-c1ccc(F)c(OCC34CCC(CC3)O4)c1)cn2C1CC(CN2C[C@@H]3C[C@H]2CS3(=O)=O)C1. The van der Waals surface area contributed by atoms with Gasteiger partial charge in [0.05, 0.1) is 22.5 Å². The Kier molecular flexibility index (Phi) is 5.54. The van der Waals surface area contributed by atoms with Crippen molar-refractivity contribution in [3.05, 3.63) is 36.5 Å². The zero-order chi connectivity index (χ0) is 27.2. The Morgan fingerprint density at radius 2 is 1.98 bits per heavy atom. The summed E-state index contributed by atoms with van der Waals surface area (Å²) in [4.78, 5) is 11.2. The highest BCUT2D eigenvalue weighted by Crippen LogP contribution is 2.46. The third-order valence-corrected chi connectivity index (χ3v) is 12.4. The monoisotopic (exact) mass is 567 g/mol. The Hall–Kier alpha value is -2.76. The zero-order valence-electron chi connectivity index (χ0n) is 22.3. The molecule has 40 heavy (non-hydrogen) atoms. The third kappa shape index (κ3) is 3.95. The number of hydrogen-bond acceptors (Lipinski definition) is 8. The number of nitrogens with two attached hydrogens (primary N) is 1. The lowest BCUT2D eigenvalue weighted by Crippen LogP contribution is -2.45. The molecule has 8 rings (SSSR count). The van der Waals surface area contributed by atoms with E-state index in [9.17, 15) is 12.8 Å². The third-order valence-electron chi connectivity index (χ3n) is 10.2. The molecule has 4 aliphatic heterocycles. The van der Waals surface area contributed by atoms with Gasteiger partial charge < -0.3 is 19.8 Å². The van der Waals surface area contributed by atoms with E-state index in [4.69, 9.17) is 15.2 Å². The smallest absolute Gasteiger partial charge is 0.165 e. The fourth-order valence-corrected chi connectivity index (χ4v) is 9.98. The molecule has 6 heterocycles. The van der Waals surface area contributed by atoms with Gasteiger partial charge in [-0.15, -0.1) is 0 Å². The molecule has 5 aliphatic rings. The van der Waals surface area contributed by atoms with E-state index in [0.29, 0.717) is 36.7 Å². The van der Waals surface area contributed by atoms with Crippen LogP contribution in [0.3, 0.4) is 0 Å². The van der Waals surface area contributed by atoms with Crippen molar-refractivity contribution in [3.63, 3.8) is 0 Å². The maximum Gasteiger partial charge on any atom is 0.165 e. The molecule has 1 aromatic carbocycles. The number of hydrogen-bond donors (Lipinski definition) is 1. The molecule has 2 atom stereocenters. The minimum absolute atomic E-state index is 0.172. The van der Waals surface area contributed by atoms with Crippen LogP contribution in [0, 0.1) is 11.7 Å². The van der Waals surface area contributed by atoms with Gasteiger partial charge in [0.1, 0.15) is 30.0 Å². The number of anilines is 1. The first-order valence-electron chi connectivity index (χ1n) is 14.4. The summed E-state index contributed by atoms with van der Waals surface area (Å²) in [6.07, 6.45) is 10.7. The molecule has 4 bridgehead atoms. The van der Waals surface area contributed by atoms with Gasteiger partial charge in [-0.05, 0) is 68.6 Å². The van der Waals surface area contributed by atoms with Crippen molar-refractivity contribution in [2.45, 2.75) is 74.0 Å². The van der Waals surface area contributed by atoms with Crippen LogP contribution < -0.4 is 10.5 Å². The number of nitrogen functional groups attached to an aromatic ring is 1. The molecule has 0 amide bonds. The highest BCUT2D eigenvalue weighted by atomic mass is 32.2. The number of benzene rings is 1. The summed E-state index contributed by atoms with van der Waals surface area (Å²) in [7, 11) is -2.88. The van der Waals surface area contributed by atoms with Crippen molar-refractivity contribution in [2.75, 3.05) is 31.2 Å². The van der Waals surface area contributed by atoms with Gasteiger partial charge in [0, 0.05) is 36.9 Å². The second kappa shape index (κ2) is 8.87. The number of ether oxygens (including phenoxy) is 2. The van der Waals surface area contributed by atoms with Gasteiger partial charge in [0.25, 0.3) is 0 Å². The molecule has 0 unspecified atom stereocenters. The van der Waals surface area contributed by atoms with E-state index in [0.717, 1.165) is 73.7 Å². The first-order valence-corrected chi connectivity index (χ1v) is 16.2.